The van der Waals surface area contributed by atoms with Gasteiger partial charge in [-0.2, -0.15) is 13.2 Å². The van der Waals surface area contributed by atoms with Crippen molar-refractivity contribution >= 4 is 17.2 Å². The van der Waals surface area contributed by atoms with Crippen molar-refractivity contribution < 1.29 is 18.0 Å². The van der Waals surface area contributed by atoms with E-state index in [0.717, 1.165) is 25.9 Å². The van der Waals surface area contributed by atoms with Crippen LogP contribution in [0.3, 0.4) is 0 Å². The monoisotopic (exact) mass is 426 g/mol. The molecule has 1 amide bonds. The molecule has 4 rings (SSSR count). The number of benzene rings is 2. The predicted octanol–water partition coefficient (Wildman–Crippen LogP) is 5.93. The number of allylic oxidation sites excluding steroid dienone is 4. The molecule has 0 radical (unpaired) electrons. The zero-order valence-electron chi connectivity index (χ0n) is 17.1. The van der Waals surface area contributed by atoms with Gasteiger partial charge in [0, 0.05) is 11.3 Å². The van der Waals surface area contributed by atoms with Gasteiger partial charge in [0.2, 0.25) is 0 Å². The standard InChI is InChI=1S/C25H25F3N2O/c26-25(27,28)20-9-5-19(6-10-20)22-3-1-2-4-23(22)24(31)30-21-11-7-17(8-12-21)18-13-15-29-16-14-18/h1-9,11-12,18,20,29H,10,13-16H2,(H,30,31). The van der Waals surface area contributed by atoms with Gasteiger partial charge in [-0.15, -0.1) is 0 Å². The second-order valence-corrected chi connectivity index (χ2v) is 8.05. The van der Waals surface area contributed by atoms with E-state index >= 15 is 0 Å². The van der Waals surface area contributed by atoms with Crippen LogP contribution in [0.15, 0.2) is 66.8 Å². The topological polar surface area (TPSA) is 41.1 Å². The van der Waals surface area contributed by atoms with Crippen LogP contribution >= 0.6 is 0 Å². The molecule has 0 spiro atoms. The number of hydrogen-bond donors (Lipinski definition) is 2. The normalized spacial score (nSPS) is 19.7. The van der Waals surface area contributed by atoms with Gasteiger partial charge < -0.3 is 10.6 Å². The van der Waals surface area contributed by atoms with E-state index in [0.29, 0.717) is 28.3 Å². The van der Waals surface area contributed by atoms with E-state index in [1.807, 2.05) is 12.1 Å². The van der Waals surface area contributed by atoms with Crippen LogP contribution in [0.25, 0.3) is 5.57 Å². The number of alkyl halides is 3. The summed E-state index contributed by atoms with van der Waals surface area (Å²) in [5.41, 5.74) is 3.67. The average Bonchev–Trinajstić information content (AvgIpc) is 2.80. The summed E-state index contributed by atoms with van der Waals surface area (Å²) in [6.07, 6.45) is 2.02. The highest BCUT2D eigenvalue weighted by molar-refractivity contribution is 6.08. The molecule has 6 heteroatoms. The molecule has 1 aliphatic carbocycles. The Morgan fingerprint density at radius 3 is 2.35 bits per heavy atom. The zero-order valence-corrected chi connectivity index (χ0v) is 17.1. The van der Waals surface area contributed by atoms with Gasteiger partial charge in [0.15, 0.2) is 0 Å². The van der Waals surface area contributed by atoms with Gasteiger partial charge in [0.05, 0.1) is 5.92 Å². The number of hydrogen-bond acceptors (Lipinski definition) is 2. The summed E-state index contributed by atoms with van der Waals surface area (Å²) in [7, 11) is 0. The molecule has 1 saturated heterocycles. The fraction of sp³-hybridized carbons (Fsp3) is 0.320. The van der Waals surface area contributed by atoms with Gasteiger partial charge in [-0.3, -0.25) is 4.79 Å². The minimum atomic E-state index is -4.25. The molecular formula is C25H25F3N2O. The van der Waals surface area contributed by atoms with Crippen molar-refractivity contribution in [2.75, 3.05) is 18.4 Å². The third-order valence-corrected chi connectivity index (χ3v) is 5.98. The maximum absolute atomic E-state index is 12.9. The van der Waals surface area contributed by atoms with Gasteiger partial charge in [0.25, 0.3) is 5.91 Å². The lowest BCUT2D eigenvalue weighted by molar-refractivity contribution is -0.160. The minimum absolute atomic E-state index is 0.122. The summed E-state index contributed by atoms with van der Waals surface area (Å²) in [6, 6.07) is 14.9. The molecule has 0 saturated carbocycles. The second-order valence-electron chi connectivity index (χ2n) is 8.05. The van der Waals surface area contributed by atoms with E-state index in [-0.39, 0.29) is 12.3 Å². The maximum Gasteiger partial charge on any atom is 0.395 e. The third kappa shape index (κ3) is 5.07. The van der Waals surface area contributed by atoms with Gasteiger partial charge >= 0.3 is 6.18 Å². The molecule has 2 N–H and O–H groups in total. The SMILES string of the molecule is O=C(Nc1ccc(C2CCNCC2)cc1)c1ccccc1C1=CCC(C(F)(F)F)C=C1. The highest BCUT2D eigenvalue weighted by Gasteiger charge is 2.37. The van der Waals surface area contributed by atoms with Crippen LogP contribution in [-0.2, 0) is 0 Å². The Kier molecular flexibility index (Phi) is 6.28. The smallest absolute Gasteiger partial charge is 0.322 e. The number of rotatable bonds is 4. The largest absolute Gasteiger partial charge is 0.395 e. The van der Waals surface area contributed by atoms with E-state index in [1.165, 1.54) is 17.7 Å². The number of amides is 1. The van der Waals surface area contributed by atoms with Crippen molar-refractivity contribution in [3.8, 4) is 0 Å². The lowest BCUT2D eigenvalue weighted by Gasteiger charge is -2.23. The summed E-state index contributed by atoms with van der Waals surface area (Å²) in [5, 5.41) is 6.28. The maximum atomic E-state index is 12.9. The van der Waals surface area contributed by atoms with Crippen LogP contribution in [0.5, 0.6) is 0 Å². The fourth-order valence-electron chi connectivity index (χ4n) is 4.19. The highest BCUT2D eigenvalue weighted by atomic mass is 19.4. The van der Waals surface area contributed by atoms with Gasteiger partial charge in [-0.25, -0.2) is 0 Å². The number of carbonyl (C=O) groups is 1. The van der Waals surface area contributed by atoms with Gasteiger partial charge in [-0.05, 0) is 73.2 Å². The number of nitrogens with one attached hydrogen (secondary N) is 2. The second kappa shape index (κ2) is 9.10. The van der Waals surface area contributed by atoms with Crippen LogP contribution in [0.2, 0.25) is 0 Å². The molecule has 2 aliphatic rings. The Balaban J connectivity index is 1.47. The summed E-state index contributed by atoms with van der Waals surface area (Å²) >= 11 is 0. The van der Waals surface area contributed by atoms with Crippen molar-refractivity contribution in [2.45, 2.75) is 31.4 Å². The fourth-order valence-corrected chi connectivity index (χ4v) is 4.19. The zero-order chi connectivity index (χ0) is 21.8. The molecule has 1 heterocycles. The molecule has 31 heavy (non-hydrogen) atoms. The van der Waals surface area contributed by atoms with Crippen molar-refractivity contribution in [2.24, 2.45) is 5.92 Å². The first kappa shape index (κ1) is 21.4. The van der Waals surface area contributed by atoms with Crippen molar-refractivity contribution in [3.05, 3.63) is 83.4 Å². The lowest BCUT2D eigenvalue weighted by Crippen LogP contribution is -2.26. The molecule has 1 fully saturated rings. The van der Waals surface area contributed by atoms with Gasteiger partial charge in [-0.1, -0.05) is 48.6 Å². The van der Waals surface area contributed by atoms with Gasteiger partial charge in [0.1, 0.15) is 0 Å². The highest BCUT2D eigenvalue weighted by Crippen LogP contribution is 2.36. The van der Waals surface area contributed by atoms with Crippen molar-refractivity contribution in [1.29, 1.82) is 0 Å². The number of halogens is 3. The first-order valence-electron chi connectivity index (χ1n) is 10.6. The van der Waals surface area contributed by atoms with E-state index < -0.39 is 12.1 Å². The van der Waals surface area contributed by atoms with Crippen LogP contribution in [-0.4, -0.2) is 25.2 Å². The Bertz CT molecular complexity index is 987. The summed E-state index contributed by atoms with van der Waals surface area (Å²) in [5.74, 6) is -1.22. The molecule has 0 bridgehead atoms. The van der Waals surface area contributed by atoms with Crippen LogP contribution in [0.1, 0.15) is 46.7 Å². The van der Waals surface area contributed by atoms with Crippen LogP contribution in [0, 0.1) is 5.92 Å². The molecule has 1 unspecified atom stereocenters. The predicted molar refractivity (Wildman–Crippen MR) is 117 cm³/mol. The first-order chi connectivity index (χ1) is 14.9. The molecule has 1 aliphatic heterocycles. The quantitative estimate of drug-likeness (QED) is 0.636. The van der Waals surface area contributed by atoms with E-state index in [4.69, 9.17) is 0 Å². The average molecular weight is 426 g/mol. The Morgan fingerprint density at radius 2 is 1.71 bits per heavy atom. The Morgan fingerprint density at radius 1 is 1.00 bits per heavy atom. The van der Waals surface area contributed by atoms with Crippen LogP contribution < -0.4 is 10.6 Å². The molecule has 3 nitrogen and oxygen atoms in total. The number of carbonyl (C=O) groups excluding carboxylic acids is 1. The molecule has 1 atom stereocenters. The molecule has 162 valence electrons. The molecule has 2 aromatic rings. The molecular weight excluding hydrogens is 401 g/mol. The molecule has 0 aromatic heterocycles. The molecule has 2 aromatic carbocycles. The van der Waals surface area contributed by atoms with Crippen molar-refractivity contribution in [1.82, 2.24) is 5.32 Å². The number of anilines is 1. The first-order valence-corrected chi connectivity index (χ1v) is 10.6. The number of piperidine rings is 1. The third-order valence-electron chi connectivity index (χ3n) is 5.98. The van der Waals surface area contributed by atoms with Crippen molar-refractivity contribution in [3.63, 3.8) is 0 Å². The van der Waals surface area contributed by atoms with E-state index in [9.17, 15) is 18.0 Å². The van der Waals surface area contributed by atoms with E-state index in [1.54, 1.807) is 30.3 Å². The lowest BCUT2D eigenvalue weighted by atomic mass is 9.90. The summed E-state index contributed by atoms with van der Waals surface area (Å²) in [4.78, 5) is 12.9. The van der Waals surface area contributed by atoms with E-state index in [2.05, 4.69) is 22.8 Å². The van der Waals surface area contributed by atoms with Crippen LogP contribution in [0.4, 0.5) is 18.9 Å². The Hall–Kier alpha value is -2.86. The minimum Gasteiger partial charge on any atom is -0.322 e. The summed E-state index contributed by atoms with van der Waals surface area (Å²) in [6.45, 7) is 2.04. The Labute approximate surface area is 180 Å². The summed E-state index contributed by atoms with van der Waals surface area (Å²) < 4.78 is 38.8.